The second-order valence-electron chi connectivity index (χ2n) is 7.17. The van der Waals surface area contributed by atoms with Crippen LogP contribution in [0.15, 0.2) is 65.1 Å². The van der Waals surface area contributed by atoms with Gasteiger partial charge in [-0.15, -0.1) is 0 Å². The predicted octanol–water partition coefficient (Wildman–Crippen LogP) is 4.99. The van der Waals surface area contributed by atoms with E-state index in [2.05, 4.69) is 10.6 Å². The lowest BCUT2D eigenvalue weighted by Crippen LogP contribution is -2.19. The number of rotatable bonds is 4. The molecule has 1 aliphatic heterocycles. The van der Waals surface area contributed by atoms with Crippen LogP contribution in [0, 0.1) is 11.6 Å². The van der Waals surface area contributed by atoms with Crippen LogP contribution in [-0.4, -0.2) is 25.0 Å². The molecule has 2 N–H and O–H groups in total. The maximum atomic E-state index is 14.1. The molecule has 0 fully saturated rings. The fourth-order valence-electron chi connectivity index (χ4n) is 3.53. The minimum absolute atomic E-state index is 0.00621. The number of halogens is 2. The smallest absolute Gasteiger partial charge is 0.293 e. The minimum Gasteiger partial charge on any atom is -0.486 e. The van der Waals surface area contributed by atoms with E-state index in [0.717, 1.165) is 18.2 Å². The van der Waals surface area contributed by atoms with Crippen molar-refractivity contribution in [3.63, 3.8) is 0 Å². The fraction of sp³-hybridized carbons (Fsp3) is 0.0833. The topological polar surface area (TPSA) is 89.8 Å². The summed E-state index contributed by atoms with van der Waals surface area (Å²) in [5, 5.41) is 5.51. The first-order chi connectivity index (χ1) is 16.0. The molecule has 4 aromatic rings. The molecule has 0 atom stereocenters. The maximum absolute atomic E-state index is 14.1. The van der Waals surface area contributed by atoms with Crippen molar-refractivity contribution in [2.45, 2.75) is 0 Å². The molecule has 9 heteroatoms. The van der Waals surface area contributed by atoms with E-state index in [9.17, 15) is 18.4 Å². The first kappa shape index (κ1) is 20.5. The Kier molecular flexibility index (Phi) is 5.14. The van der Waals surface area contributed by atoms with E-state index in [1.807, 2.05) is 0 Å². The predicted molar refractivity (Wildman–Crippen MR) is 116 cm³/mol. The maximum Gasteiger partial charge on any atom is 0.293 e. The molecule has 0 spiro atoms. The number of amides is 2. The molecule has 0 unspecified atom stereocenters. The molecule has 1 aromatic heterocycles. The Morgan fingerprint density at radius 1 is 0.788 bits per heavy atom. The Bertz CT molecular complexity index is 1380. The number of nitrogens with one attached hydrogen (secondary N) is 2. The highest BCUT2D eigenvalue weighted by atomic mass is 19.1. The third kappa shape index (κ3) is 3.84. The third-order valence-electron chi connectivity index (χ3n) is 5.03. The Morgan fingerprint density at radius 2 is 1.52 bits per heavy atom. The monoisotopic (exact) mass is 450 g/mol. The van der Waals surface area contributed by atoms with Gasteiger partial charge in [0.15, 0.2) is 11.5 Å². The van der Waals surface area contributed by atoms with Gasteiger partial charge < -0.3 is 24.5 Å². The van der Waals surface area contributed by atoms with Gasteiger partial charge in [-0.25, -0.2) is 8.78 Å². The molecule has 0 aliphatic carbocycles. The molecule has 0 bridgehead atoms. The van der Waals surface area contributed by atoms with E-state index in [0.29, 0.717) is 41.4 Å². The summed E-state index contributed by atoms with van der Waals surface area (Å²) >= 11 is 0. The Hall–Kier alpha value is -4.40. The van der Waals surface area contributed by atoms with Gasteiger partial charge in [0, 0.05) is 17.1 Å². The van der Waals surface area contributed by atoms with E-state index >= 15 is 0 Å². The highest BCUT2D eigenvalue weighted by molar-refractivity contribution is 6.17. The van der Waals surface area contributed by atoms with Crippen LogP contribution in [0.5, 0.6) is 11.5 Å². The quantitative estimate of drug-likeness (QED) is 0.457. The number of furan rings is 1. The molecule has 33 heavy (non-hydrogen) atoms. The van der Waals surface area contributed by atoms with Crippen molar-refractivity contribution < 1.29 is 32.3 Å². The van der Waals surface area contributed by atoms with E-state index in [-0.39, 0.29) is 11.4 Å². The van der Waals surface area contributed by atoms with E-state index in [4.69, 9.17) is 13.9 Å². The standard InChI is InChI=1S/C24H16F2N2O5/c25-15-5-3-6-16(26)20(15)23(29)28-21-14-4-1-2-7-17(14)33-22(21)24(30)27-13-8-9-18-19(12-13)32-11-10-31-18/h1-9,12H,10-11H2,(H,27,30)(H,28,29). The highest BCUT2D eigenvalue weighted by Crippen LogP contribution is 2.35. The van der Waals surface area contributed by atoms with Crippen molar-refractivity contribution >= 4 is 34.2 Å². The summed E-state index contributed by atoms with van der Waals surface area (Å²) in [4.78, 5) is 25.7. The Morgan fingerprint density at radius 3 is 2.30 bits per heavy atom. The summed E-state index contributed by atoms with van der Waals surface area (Å²) in [5.41, 5.74) is -0.0504. The van der Waals surface area contributed by atoms with E-state index in [1.54, 1.807) is 42.5 Å². The van der Waals surface area contributed by atoms with Crippen LogP contribution in [0.4, 0.5) is 20.2 Å². The van der Waals surface area contributed by atoms with Crippen LogP contribution < -0.4 is 20.1 Å². The average Bonchev–Trinajstić information content (AvgIpc) is 3.17. The van der Waals surface area contributed by atoms with E-state index in [1.165, 1.54) is 0 Å². The van der Waals surface area contributed by atoms with Gasteiger partial charge in [-0.2, -0.15) is 0 Å². The van der Waals surface area contributed by atoms with E-state index < -0.39 is 29.0 Å². The van der Waals surface area contributed by atoms with Gasteiger partial charge in [-0.1, -0.05) is 18.2 Å². The SMILES string of the molecule is O=C(Nc1ccc2c(c1)OCCO2)c1oc2ccccc2c1NC(=O)c1c(F)cccc1F. The summed E-state index contributed by atoms with van der Waals surface area (Å²) in [6, 6.07) is 14.6. The fourth-order valence-corrected chi connectivity index (χ4v) is 3.53. The molecule has 2 heterocycles. The average molecular weight is 450 g/mol. The molecule has 0 radical (unpaired) electrons. The normalized spacial score (nSPS) is 12.4. The van der Waals surface area contributed by atoms with Gasteiger partial charge >= 0.3 is 0 Å². The molecular weight excluding hydrogens is 434 g/mol. The lowest BCUT2D eigenvalue weighted by atomic mass is 10.1. The molecule has 2 amide bonds. The minimum atomic E-state index is -1.05. The molecule has 166 valence electrons. The van der Waals surface area contributed by atoms with Crippen molar-refractivity contribution in [2.75, 3.05) is 23.8 Å². The van der Waals surface area contributed by atoms with Crippen LogP contribution in [0.1, 0.15) is 20.9 Å². The van der Waals surface area contributed by atoms with Crippen LogP contribution in [0.3, 0.4) is 0 Å². The van der Waals surface area contributed by atoms with Gasteiger partial charge in [0.05, 0.1) is 0 Å². The summed E-state index contributed by atoms with van der Waals surface area (Å²) in [6.45, 7) is 0.820. The second-order valence-corrected chi connectivity index (χ2v) is 7.17. The summed E-state index contributed by atoms with van der Waals surface area (Å²) in [7, 11) is 0. The summed E-state index contributed by atoms with van der Waals surface area (Å²) < 4.78 is 44.9. The Balaban J connectivity index is 1.49. The molecule has 7 nitrogen and oxygen atoms in total. The highest BCUT2D eigenvalue weighted by Gasteiger charge is 2.25. The first-order valence-corrected chi connectivity index (χ1v) is 9.99. The van der Waals surface area contributed by atoms with Gasteiger partial charge in [-0.3, -0.25) is 9.59 Å². The number of benzene rings is 3. The number of hydrogen-bond acceptors (Lipinski definition) is 5. The second kappa shape index (κ2) is 8.27. The van der Waals surface area contributed by atoms with Crippen LogP contribution in [0.2, 0.25) is 0 Å². The molecule has 3 aromatic carbocycles. The number of anilines is 2. The zero-order chi connectivity index (χ0) is 22.9. The van der Waals surface area contributed by atoms with Crippen molar-refractivity contribution in [3.05, 3.63) is 83.6 Å². The summed E-state index contributed by atoms with van der Waals surface area (Å²) in [5.74, 6) is -2.96. The van der Waals surface area contributed by atoms with Gasteiger partial charge in [0.25, 0.3) is 11.8 Å². The summed E-state index contributed by atoms with van der Waals surface area (Å²) in [6.07, 6.45) is 0. The number of para-hydroxylation sites is 1. The zero-order valence-corrected chi connectivity index (χ0v) is 17.0. The van der Waals surface area contributed by atoms with Gasteiger partial charge in [0.1, 0.15) is 41.7 Å². The van der Waals surface area contributed by atoms with Crippen molar-refractivity contribution in [2.24, 2.45) is 0 Å². The lowest BCUT2D eigenvalue weighted by Gasteiger charge is -2.18. The van der Waals surface area contributed by atoms with Gasteiger partial charge in [0.2, 0.25) is 5.76 Å². The van der Waals surface area contributed by atoms with Crippen molar-refractivity contribution in [1.29, 1.82) is 0 Å². The molecule has 0 saturated carbocycles. The molecule has 5 rings (SSSR count). The Labute approximate surface area is 185 Å². The number of ether oxygens (including phenoxy) is 2. The van der Waals surface area contributed by atoms with Crippen LogP contribution >= 0.6 is 0 Å². The zero-order valence-electron chi connectivity index (χ0n) is 17.0. The largest absolute Gasteiger partial charge is 0.486 e. The first-order valence-electron chi connectivity index (χ1n) is 9.99. The van der Waals surface area contributed by atoms with Crippen molar-refractivity contribution in [1.82, 2.24) is 0 Å². The van der Waals surface area contributed by atoms with Crippen LogP contribution in [-0.2, 0) is 0 Å². The number of fused-ring (bicyclic) bond motifs is 2. The third-order valence-corrected chi connectivity index (χ3v) is 5.03. The van der Waals surface area contributed by atoms with Crippen molar-refractivity contribution in [3.8, 4) is 11.5 Å². The molecule has 1 aliphatic rings. The number of carbonyl (C=O) groups is 2. The number of hydrogen-bond donors (Lipinski definition) is 2. The number of carbonyl (C=O) groups excluding carboxylic acids is 2. The molecular formula is C24H16F2N2O5. The van der Waals surface area contributed by atoms with Gasteiger partial charge in [-0.05, 0) is 36.4 Å². The lowest BCUT2D eigenvalue weighted by molar-refractivity contribution is 0.0999. The molecule has 0 saturated heterocycles. The van der Waals surface area contributed by atoms with Crippen LogP contribution in [0.25, 0.3) is 11.0 Å².